The van der Waals surface area contributed by atoms with Crippen LogP contribution in [0.5, 0.6) is 5.75 Å². The lowest BCUT2D eigenvalue weighted by atomic mass is 10.2. The Morgan fingerprint density at radius 3 is 2.35 bits per heavy atom. The molecule has 1 aliphatic rings. The first-order valence-corrected chi connectivity index (χ1v) is 7.89. The van der Waals surface area contributed by atoms with Crippen molar-refractivity contribution in [2.24, 2.45) is 0 Å². The van der Waals surface area contributed by atoms with Crippen LogP contribution in [0.25, 0.3) is 0 Å². The molecule has 120 valence electrons. The molecule has 0 aromatic heterocycles. The predicted octanol–water partition coefficient (Wildman–Crippen LogP) is 3.05. The standard InChI is InChI=1S/C17H18FN3OS/c18-13-5-1-2-6-14(13)19-17(23)21-11-9-20(10-12-21)15-7-3-4-8-16(15)22/h1-8,22H,9-12H2,(H,19,23). The first kappa shape index (κ1) is 15.6. The molecule has 0 bridgehead atoms. The number of halogens is 1. The molecule has 3 rings (SSSR count). The summed E-state index contributed by atoms with van der Waals surface area (Å²) >= 11 is 5.38. The Kier molecular flexibility index (Phi) is 4.62. The van der Waals surface area contributed by atoms with Crippen LogP contribution in [-0.4, -0.2) is 41.3 Å². The lowest BCUT2D eigenvalue weighted by Crippen LogP contribution is -2.50. The predicted molar refractivity (Wildman–Crippen MR) is 94.5 cm³/mol. The van der Waals surface area contributed by atoms with Crippen LogP contribution in [0.4, 0.5) is 15.8 Å². The third-order valence-electron chi connectivity index (χ3n) is 3.90. The largest absolute Gasteiger partial charge is 0.506 e. The summed E-state index contributed by atoms with van der Waals surface area (Å²) in [4.78, 5) is 4.13. The maximum atomic E-state index is 13.7. The van der Waals surface area contributed by atoms with Crippen molar-refractivity contribution in [3.05, 3.63) is 54.3 Å². The second kappa shape index (κ2) is 6.83. The summed E-state index contributed by atoms with van der Waals surface area (Å²) in [5.41, 5.74) is 1.22. The van der Waals surface area contributed by atoms with Crippen molar-refractivity contribution in [3.63, 3.8) is 0 Å². The minimum atomic E-state index is -0.317. The maximum Gasteiger partial charge on any atom is 0.173 e. The molecule has 2 aromatic rings. The molecule has 1 aliphatic heterocycles. The summed E-state index contributed by atoms with van der Waals surface area (Å²) < 4.78 is 13.7. The van der Waals surface area contributed by atoms with Gasteiger partial charge in [-0.3, -0.25) is 0 Å². The van der Waals surface area contributed by atoms with Gasteiger partial charge >= 0.3 is 0 Å². The lowest BCUT2D eigenvalue weighted by Gasteiger charge is -2.37. The lowest BCUT2D eigenvalue weighted by molar-refractivity contribution is 0.387. The molecule has 4 nitrogen and oxygen atoms in total. The van der Waals surface area contributed by atoms with Gasteiger partial charge in [-0.2, -0.15) is 0 Å². The van der Waals surface area contributed by atoms with E-state index in [4.69, 9.17) is 12.2 Å². The number of anilines is 2. The minimum absolute atomic E-state index is 0.285. The van der Waals surface area contributed by atoms with Crippen molar-refractivity contribution in [1.29, 1.82) is 0 Å². The SMILES string of the molecule is Oc1ccccc1N1CCN(C(=S)Nc2ccccc2F)CC1. The molecule has 23 heavy (non-hydrogen) atoms. The van der Waals surface area contributed by atoms with Crippen molar-refractivity contribution >= 4 is 28.7 Å². The average molecular weight is 331 g/mol. The molecule has 0 amide bonds. The normalized spacial score (nSPS) is 14.7. The highest BCUT2D eigenvalue weighted by atomic mass is 32.1. The zero-order chi connectivity index (χ0) is 16.2. The van der Waals surface area contributed by atoms with Crippen LogP contribution in [0, 0.1) is 5.82 Å². The van der Waals surface area contributed by atoms with E-state index in [-0.39, 0.29) is 11.6 Å². The molecule has 2 N–H and O–H groups in total. The quantitative estimate of drug-likeness (QED) is 0.828. The van der Waals surface area contributed by atoms with Gasteiger partial charge in [0.05, 0.1) is 11.4 Å². The van der Waals surface area contributed by atoms with Crippen molar-refractivity contribution in [2.45, 2.75) is 0 Å². The number of rotatable bonds is 2. The van der Waals surface area contributed by atoms with E-state index in [0.29, 0.717) is 23.9 Å². The van der Waals surface area contributed by atoms with Gasteiger partial charge in [-0.25, -0.2) is 4.39 Å². The Balaban J connectivity index is 1.60. The molecule has 1 fully saturated rings. The fourth-order valence-corrected chi connectivity index (χ4v) is 2.93. The molecule has 0 radical (unpaired) electrons. The molecule has 0 aliphatic carbocycles. The Labute approximate surface area is 140 Å². The number of phenolic OH excluding ortho intramolecular Hbond substituents is 1. The van der Waals surface area contributed by atoms with E-state index in [2.05, 4.69) is 10.2 Å². The van der Waals surface area contributed by atoms with Gasteiger partial charge in [0.2, 0.25) is 0 Å². The third-order valence-corrected chi connectivity index (χ3v) is 4.27. The van der Waals surface area contributed by atoms with Crippen molar-refractivity contribution in [3.8, 4) is 5.75 Å². The number of phenols is 1. The van der Waals surface area contributed by atoms with Crippen LogP contribution in [0.15, 0.2) is 48.5 Å². The molecule has 1 saturated heterocycles. The average Bonchev–Trinajstić information content (AvgIpc) is 2.57. The Morgan fingerprint density at radius 1 is 1.00 bits per heavy atom. The Bertz CT molecular complexity index is 702. The summed E-state index contributed by atoms with van der Waals surface area (Å²) in [6, 6.07) is 13.8. The molecule has 6 heteroatoms. The third kappa shape index (κ3) is 3.53. The van der Waals surface area contributed by atoms with Gasteiger partial charge < -0.3 is 20.2 Å². The summed E-state index contributed by atoms with van der Waals surface area (Å²) in [6.07, 6.45) is 0. The van der Waals surface area contributed by atoms with E-state index in [1.807, 2.05) is 23.1 Å². The highest BCUT2D eigenvalue weighted by molar-refractivity contribution is 7.80. The van der Waals surface area contributed by atoms with Gasteiger partial charge in [0.1, 0.15) is 11.6 Å². The summed E-state index contributed by atoms with van der Waals surface area (Å²) in [6.45, 7) is 2.93. The zero-order valence-corrected chi connectivity index (χ0v) is 13.4. The molecule has 0 saturated carbocycles. The van der Waals surface area contributed by atoms with Crippen LogP contribution in [0.1, 0.15) is 0 Å². The number of piperazine rings is 1. The van der Waals surface area contributed by atoms with E-state index in [1.165, 1.54) is 6.07 Å². The van der Waals surface area contributed by atoms with Gasteiger partial charge in [0.25, 0.3) is 0 Å². The van der Waals surface area contributed by atoms with E-state index in [0.717, 1.165) is 18.8 Å². The number of benzene rings is 2. The van der Waals surface area contributed by atoms with E-state index >= 15 is 0 Å². The molecular formula is C17H18FN3OS. The van der Waals surface area contributed by atoms with Crippen molar-refractivity contribution in [1.82, 2.24) is 4.90 Å². The number of aromatic hydroxyl groups is 1. The van der Waals surface area contributed by atoms with Gasteiger partial charge in [-0.1, -0.05) is 24.3 Å². The summed E-state index contributed by atoms with van der Waals surface area (Å²) in [5, 5.41) is 13.4. The van der Waals surface area contributed by atoms with Crippen LogP contribution in [0.3, 0.4) is 0 Å². The number of hydrogen-bond acceptors (Lipinski definition) is 3. The second-order valence-corrected chi connectivity index (χ2v) is 5.76. The summed E-state index contributed by atoms with van der Waals surface area (Å²) in [5.74, 6) is -0.0318. The van der Waals surface area contributed by atoms with E-state index in [9.17, 15) is 9.50 Å². The molecular weight excluding hydrogens is 313 g/mol. The molecule has 0 spiro atoms. The van der Waals surface area contributed by atoms with Crippen molar-refractivity contribution < 1.29 is 9.50 Å². The maximum absolute atomic E-state index is 13.7. The number of thiocarbonyl (C=S) groups is 1. The van der Waals surface area contributed by atoms with Gasteiger partial charge in [-0.15, -0.1) is 0 Å². The highest BCUT2D eigenvalue weighted by Gasteiger charge is 2.21. The first-order chi connectivity index (χ1) is 11.1. The fraction of sp³-hybridized carbons (Fsp3) is 0.235. The fourth-order valence-electron chi connectivity index (χ4n) is 2.64. The first-order valence-electron chi connectivity index (χ1n) is 7.48. The van der Waals surface area contributed by atoms with Gasteiger partial charge in [-0.05, 0) is 36.5 Å². The van der Waals surface area contributed by atoms with Crippen molar-refractivity contribution in [2.75, 3.05) is 36.4 Å². The van der Waals surface area contributed by atoms with Crippen LogP contribution in [-0.2, 0) is 0 Å². The van der Waals surface area contributed by atoms with Crippen LogP contribution >= 0.6 is 12.2 Å². The highest BCUT2D eigenvalue weighted by Crippen LogP contribution is 2.27. The Morgan fingerprint density at radius 2 is 1.65 bits per heavy atom. The second-order valence-electron chi connectivity index (χ2n) is 5.37. The van der Waals surface area contributed by atoms with Crippen LogP contribution in [0.2, 0.25) is 0 Å². The smallest absolute Gasteiger partial charge is 0.173 e. The van der Waals surface area contributed by atoms with Gasteiger partial charge in [0, 0.05) is 26.2 Å². The molecule has 2 aromatic carbocycles. The Hall–Kier alpha value is -2.34. The number of para-hydroxylation sites is 3. The van der Waals surface area contributed by atoms with E-state index < -0.39 is 0 Å². The number of hydrogen-bond donors (Lipinski definition) is 2. The minimum Gasteiger partial charge on any atom is -0.506 e. The molecule has 0 atom stereocenters. The van der Waals surface area contributed by atoms with E-state index in [1.54, 1.807) is 24.3 Å². The number of nitrogens with zero attached hydrogens (tertiary/aromatic N) is 2. The summed E-state index contributed by atoms with van der Waals surface area (Å²) in [7, 11) is 0. The zero-order valence-electron chi connectivity index (χ0n) is 12.6. The van der Waals surface area contributed by atoms with Gasteiger partial charge in [0.15, 0.2) is 5.11 Å². The topological polar surface area (TPSA) is 38.7 Å². The molecule has 1 heterocycles. The monoisotopic (exact) mass is 331 g/mol. The number of nitrogens with one attached hydrogen (secondary N) is 1. The van der Waals surface area contributed by atoms with Crippen LogP contribution < -0.4 is 10.2 Å². The molecule has 0 unspecified atom stereocenters.